The molecule has 0 saturated carbocycles. The quantitative estimate of drug-likeness (QED) is 0.590. The second kappa shape index (κ2) is 5.38. The fourth-order valence-electron chi connectivity index (χ4n) is 2.64. The van der Waals surface area contributed by atoms with E-state index in [1.807, 2.05) is 41.1 Å². The Bertz CT molecular complexity index is 808. The lowest BCUT2D eigenvalue weighted by Gasteiger charge is -2.09. The zero-order valence-corrected chi connectivity index (χ0v) is 11.4. The lowest BCUT2D eigenvalue weighted by molar-refractivity contribution is -0.385. The Morgan fingerprint density at radius 1 is 1.05 bits per heavy atom. The summed E-state index contributed by atoms with van der Waals surface area (Å²) in [4.78, 5) is 10.8. The molecule has 1 heterocycles. The van der Waals surface area contributed by atoms with Gasteiger partial charge in [-0.3, -0.25) is 10.1 Å². The molecule has 0 aliphatic carbocycles. The number of hydrogen-bond donors (Lipinski definition) is 1. The van der Waals surface area contributed by atoms with Crippen molar-refractivity contribution in [3.63, 3.8) is 0 Å². The van der Waals surface area contributed by atoms with Gasteiger partial charge in [0.25, 0.3) is 5.69 Å². The first-order valence-corrected chi connectivity index (χ1v) is 6.70. The SMILES string of the molecule is NCc1cccc2ccn(Cc3ccccc3[N+](=O)[O-])c12. The van der Waals surface area contributed by atoms with Gasteiger partial charge in [-0.15, -0.1) is 0 Å². The van der Waals surface area contributed by atoms with Crippen molar-refractivity contribution in [3.05, 3.63) is 76.0 Å². The normalized spacial score (nSPS) is 10.9. The van der Waals surface area contributed by atoms with Crippen molar-refractivity contribution in [2.24, 2.45) is 5.73 Å². The molecule has 3 rings (SSSR count). The summed E-state index contributed by atoms with van der Waals surface area (Å²) in [5.74, 6) is 0. The van der Waals surface area contributed by atoms with Crippen LogP contribution < -0.4 is 5.73 Å². The van der Waals surface area contributed by atoms with Crippen LogP contribution in [0.15, 0.2) is 54.7 Å². The Morgan fingerprint density at radius 2 is 1.81 bits per heavy atom. The molecule has 2 N–H and O–H groups in total. The molecule has 2 aromatic carbocycles. The smallest absolute Gasteiger partial charge is 0.274 e. The van der Waals surface area contributed by atoms with Crippen molar-refractivity contribution in [2.75, 3.05) is 0 Å². The molecule has 1 aromatic heterocycles. The van der Waals surface area contributed by atoms with Gasteiger partial charge in [0.15, 0.2) is 0 Å². The summed E-state index contributed by atoms with van der Waals surface area (Å²) in [6.45, 7) is 0.899. The van der Waals surface area contributed by atoms with Gasteiger partial charge in [-0.2, -0.15) is 0 Å². The predicted molar refractivity (Wildman–Crippen MR) is 82.0 cm³/mol. The average Bonchev–Trinajstić information content (AvgIpc) is 2.91. The third-order valence-electron chi connectivity index (χ3n) is 3.62. The van der Waals surface area contributed by atoms with Crippen LogP contribution in [-0.4, -0.2) is 9.49 Å². The van der Waals surface area contributed by atoms with Crippen LogP contribution in [0.3, 0.4) is 0 Å². The van der Waals surface area contributed by atoms with Crippen molar-refractivity contribution < 1.29 is 4.92 Å². The van der Waals surface area contributed by atoms with E-state index in [1.165, 1.54) is 6.07 Å². The van der Waals surface area contributed by atoms with Crippen molar-refractivity contribution in [3.8, 4) is 0 Å². The minimum Gasteiger partial charge on any atom is -0.343 e. The van der Waals surface area contributed by atoms with Crippen LogP contribution in [0.1, 0.15) is 11.1 Å². The monoisotopic (exact) mass is 281 g/mol. The number of nitrogens with zero attached hydrogens (tertiary/aromatic N) is 2. The molecule has 3 aromatic rings. The fraction of sp³-hybridized carbons (Fsp3) is 0.125. The number of fused-ring (bicyclic) bond motifs is 1. The van der Waals surface area contributed by atoms with E-state index in [-0.39, 0.29) is 10.6 Å². The number of rotatable bonds is 4. The Kier molecular flexibility index (Phi) is 3.41. The van der Waals surface area contributed by atoms with Crippen LogP contribution in [0.25, 0.3) is 10.9 Å². The van der Waals surface area contributed by atoms with Gasteiger partial charge in [0, 0.05) is 24.4 Å². The van der Waals surface area contributed by atoms with Gasteiger partial charge in [0.2, 0.25) is 0 Å². The summed E-state index contributed by atoms with van der Waals surface area (Å²) in [7, 11) is 0. The second-order valence-corrected chi connectivity index (χ2v) is 4.89. The maximum absolute atomic E-state index is 11.1. The molecule has 5 heteroatoms. The molecule has 0 unspecified atom stereocenters. The first-order valence-electron chi connectivity index (χ1n) is 6.70. The molecule has 0 amide bonds. The van der Waals surface area contributed by atoms with Gasteiger partial charge < -0.3 is 10.3 Å². The second-order valence-electron chi connectivity index (χ2n) is 4.89. The molecule has 0 radical (unpaired) electrons. The third-order valence-corrected chi connectivity index (χ3v) is 3.62. The van der Waals surface area contributed by atoms with Gasteiger partial charge in [-0.1, -0.05) is 36.4 Å². The summed E-state index contributed by atoms with van der Waals surface area (Å²) in [6, 6.07) is 14.8. The lowest BCUT2D eigenvalue weighted by Crippen LogP contribution is -2.05. The largest absolute Gasteiger partial charge is 0.343 e. The van der Waals surface area contributed by atoms with Crippen LogP contribution in [0.4, 0.5) is 5.69 Å². The maximum atomic E-state index is 11.1. The van der Waals surface area contributed by atoms with Gasteiger partial charge in [0.1, 0.15) is 0 Å². The number of benzene rings is 2. The number of para-hydroxylation sites is 2. The number of hydrogen-bond acceptors (Lipinski definition) is 3. The Hall–Kier alpha value is -2.66. The number of nitro groups is 1. The molecule has 5 nitrogen and oxygen atoms in total. The third kappa shape index (κ3) is 2.39. The highest BCUT2D eigenvalue weighted by Crippen LogP contribution is 2.24. The van der Waals surface area contributed by atoms with Gasteiger partial charge in [-0.25, -0.2) is 0 Å². The molecule has 0 bridgehead atoms. The summed E-state index contributed by atoms with van der Waals surface area (Å²) < 4.78 is 2.01. The van der Waals surface area contributed by atoms with E-state index in [4.69, 9.17) is 5.73 Å². The Labute approximate surface area is 121 Å². The molecular formula is C16H15N3O2. The zero-order valence-electron chi connectivity index (χ0n) is 11.4. The average molecular weight is 281 g/mol. The first kappa shape index (κ1) is 13.3. The first-order chi connectivity index (χ1) is 10.2. The lowest BCUT2D eigenvalue weighted by atomic mass is 10.1. The highest BCUT2D eigenvalue weighted by molar-refractivity contribution is 5.83. The molecule has 0 aliphatic heterocycles. The van der Waals surface area contributed by atoms with E-state index < -0.39 is 0 Å². The minimum absolute atomic E-state index is 0.143. The molecule has 0 fully saturated rings. The zero-order chi connectivity index (χ0) is 14.8. The minimum atomic E-state index is -0.342. The number of nitro benzene ring substituents is 1. The van der Waals surface area contributed by atoms with Gasteiger partial charge >= 0.3 is 0 Å². The fourth-order valence-corrected chi connectivity index (χ4v) is 2.64. The van der Waals surface area contributed by atoms with Gasteiger partial charge in [0.05, 0.1) is 17.0 Å². The summed E-state index contributed by atoms with van der Waals surface area (Å²) in [5.41, 5.74) is 8.70. The Balaban J connectivity index is 2.09. The summed E-state index contributed by atoms with van der Waals surface area (Å²) in [6.07, 6.45) is 1.94. The summed E-state index contributed by atoms with van der Waals surface area (Å²) >= 11 is 0. The van der Waals surface area contributed by atoms with Crippen LogP contribution >= 0.6 is 0 Å². The number of aromatic nitrogens is 1. The van der Waals surface area contributed by atoms with Crippen LogP contribution in [-0.2, 0) is 13.1 Å². The van der Waals surface area contributed by atoms with E-state index in [0.29, 0.717) is 18.7 Å². The standard InChI is InChI=1S/C16H15N3O2/c17-10-13-6-3-5-12-8-9-18(16(12)13)11-14-4-1-2-7-15(14)19(20)21/h1-9H,10-11,17H2. The highest BCUT2D eigenvalue weighted by atomic mass is 16.6. The van der Waals surface area contributed by atoms with Crippen molar-refractivity contribution >= 4 is 16.6 Å². The van der Waals surface area contributed by atoms with Crippen molar-refractivity contribution in [2.45, 2.75) is 13.1 Å². The molecular weight excluding hydrogens is 266 g/mol. The van der Waals surface area contributed by atoms with E-state index in [1.54, 1.807) is 12.1 Å². The van der Waals surface area contributed by atoms with Crippen molar-refractivity contribution in [1.29, 1.82) is 0 Å². The van der Waals surface area contributed by atoms with E-state index in [9.17, 15) is 10.1 Å². The number of nitrogens with two attached hydrogens (primary N) is 1. The molecule has 0 spiro atoms. The van der Waals surface area contributed by atoms with E-state index in [2.05, 4.69) is 0 Å². The molecule has 21 heavy (non-hydrogen) atoms. The van der Waals surface area contributed by atoms with Gasteiger partial charge in [-0.05, 0) is 17.0 Å². The predicted octanol–water partition coefficient (Wildman–Crippen LogP) is 3.06. The molecule has 0 aliphatic rings. The highest BCUT2D eigenvalue weighted by Gasteiger charge is 2.14. The summed E-state index contributed by atoms with van der Waals surface area (Å²) in [5, 5.41) is 12.2. The van der Waals surface area contributed by atoms with E-state index >= 15 is 0 Å². The van der Waals surface area contributed by atoms with Crippen molar-refractivity contribution in [1.82, 2.24) is 4.57 Å². The van der Waals surface area contributed by atoms with Crippen LogP contribution in [0.5, 0.6) is 0 Å². The Morgan fingerprint density at radius 3 is 2.57 bits per heavy atom. The van der Waals surface area contributed by atoms with E-state index in [0.717, 1.165) is 16.5 Å². The molecule has 106 valence electrons. The topological polar surface area (TPSA) is 74.1 Å². The maximum Gasteiger partial charge on any atom is 0.274 e. The van der Waals surface area contributed by atoms with Crippen LogP contribution in [0.2, 0.25) is 0 Å². The molecule has 0 atom stereocenters. The molecule has 0 saturated heterocycles. The van der Waals surface area contributed by atoms with Crippen LogP contribution in [0, 0.1) is 10.1 Å².